The molecule has 152 valence electrons. The number of anilines is 1. The SMILES string of the molecule is COc1cccc(N2CCN(CCc3oc(=O)[nH]c3-c3ccc(F)cc3)CC2)c1. The Balaban J connectivity index is 1.36. The Kier molecular flexibility index (Phi) is 5.67. The summed E-state index contributed by atoms with van der Waals surface area (Å²) in [5.74, 6) is 0.676. The van der Waals surface area contributed by atoms with Gasteiger partial charge in [0, 0.05) is 56.5 Å². The average molecular weight is 397 g/mol. The van der Waals surface area contributed by atoms with Crippen molar-refractivity contribution in [3.8, 4) is 17.0 Å². The van der Waals surface area contributed by atoms with Crippen molar-refractivity contribution >= 4 is 5.69 Å². The van der Waals surface area contributed by atoms with Gasteiger partial charge < -0.3 is 14.1 Å². The highest BCUT2D eigenvalue weighted by atomic mass is 19.1. The normalized spacial score (nSPS) is 14.9. The van der Waals surface area contributed by atoms with E-state index in [0.717, 1.165) is 44.0 Å². The van der Waals surface area contributed by atoms with Crippen LogP contribution in [0, 0.1) is 5.82 Å². The van der Waals surface area contributed by atoms with Crippen molar-refractivity contribution in [1.29, 1.82) is 0 Å². The van der Waals surface area contributed by atoms with Gasteiger partial charge in [-0.25, -0.2) is 9.18 Å². The van der Waals surface area contributed by atoms with E-state index < -0.39 is 5.76 Å². The van der Waals surface area contributed by atoms with Crippen LogP contribution in [0.1, 0.15) is 5.76 Å². The van der Waals surface area contributed by atoms with Crippen LogP contribution in [0.25, 0.3) is 11.3 Å². The van der Waals surface area contributed by atoms with E-state index >= 15 is 0 Å². The molecule has 1 fully saturated rings. The summed E-state index contributed by atoms with van der Waals surface area (Å²) >= 11 is 0. The number of aromatic nitrogens is 1. The molecular formula is C22H24FN3O3. The highest BCUT2D eigenvalue weighted by Gasteiger charge is 2.19. The van der Waals surface area contributed by atoms with E-state index in [1.54, 1.807) is 19.2 Å². The van der Waals surface area contributed by atoms with Crippen LogP contribution in [0.5, 0.6) is 5.75 Å². The highest BCUT2D eigenvalue weighted by molar-refractivity contribution is 5.60. The minimum Gasteiger partial charge on any atom is -0.497 e. The number of H-pyrrole nitrogens is 1. The molecule has 7 heteroatoms. The molecular weight excluding hydrogens is 373 g/mol. The van der Waals surface area contributed by atoms with Crippen LogP contribution >= 0.6 is 0 Å². The highest BCUT2D eigenvalue weighted by Crippen LogP contribution is 2.23. The zero-order valence-electron chi connectivity index (χ0n) is 16.4. The zero-order chi connectivity index (χ0) is 20.2. The molecule has 0 aliphatic carbocycles. The Morgan fingerprint density at radius 1 is 1.10 bits per heavy atom. The van der Waals surface area contributed by atoms with E-state index in [1.807, 2.05) is 12.1 Å². The molecule has 29 heavy (non-hydrogen) atoms. The molecule has 2 heterocycles. The van der Waals surface area contributed by atoms with Crippen LogP contribution in [0.2, 0.25) is 0 Å². The maximum atomic E-state index is 13.2. The van der Waals surface area contributed by atoms with Gasteiger partial charge in [0.05, 0.1) is 12.8 Å². The molecule has 0 spiro atoms. The standard InChI is InChI=1S/C22H24FN3O3/c1-28-19-4-2-3-18(15-19)26-13-11-25(12-14-26)10-9-20-21(24-22(27)29-20)16-5-7-17(23)8-6-16/h2-8,15H,9-14H2,1H3,(H,24,27). The number of methoxy groups -OCH3 is 1. The summed E-state index contributed by atoms with van der Waals surface area (Å²) in [7, 11) is 1.68. The van der Waals surface area contributed by atoms with E-state index in [4.69, 9.17) is 9.15 Å². The molecule has 2 aromatic carbocycles. The van der Waals surface area contributed by atoms with Crippen molar-refractivity contribution in [2.45, 2.75) is 6.42 Å². The first-order valence-corrected chi connectivity index (χ1v) is 9.71. The summed E-state index contributed by atoms with van der Waals surface area (Å²) in [6.07, 6.45) is 0.616. The van der Waals surface area contributed by atoms with Gasteiger partial charge in [-0.3, -0.25) is 9.88 Å². The third-order valence-corrected chi connectivity index (χ3v) is 5.30. The number of rotatable bonds is 6. The Hall–Kier alpha value is -3.06. The average Bonchev–Trinajstić information content (AvgIpc) is 3.13. The van der Waals surface area contributed by atoms with Gasteiger partial charge in [-0.15, -0.1) is 0 Å². The lowest BCUT2D eigenvalue weighted by molar-refractivity contribution is 0.254. The molecule has 0 saturated carbocycles. The zero-order valence-corrected chi connectivity index (χ0v) is 16.4. The summed E-state index contributed by atoms with van der Waals surface area (Å²) in [5, 5.41) is 0. The first-order valence-electron chi connectivity index (χ1n) is 9.71. The molecule has 3 aromatic rings. The second-order valence-corrected chi connectivity index (χ2v) is 7.10. The van der Waals surface area contributed by atoms with E-state index in [9.17, 15) is 9.18 Å². The topological polar surface area (TPSA) is 61.7 Å². The quantitative estimate of drug-likeness (QED) is 0.692. The maximum Gasteiger partial charge on any atom is 0.416 e. The minimum atomic E-state index is -0.484. The number of nitrogens with zero attached hydrogens (tertiary/aromatic N) is 2. The van der Waals surface area contributed by atoms with E-state index in [2.05, 4.69) is 26.9 Å². The van der Waals surface area contributed by atoms with Crippen molar-refractivity contribution < 1.29 is 13.5 Å². The van der Waals surface area contributed by atoms with Crippen LogP contribution in [-0.2, 0) is 6.42 Å². The number of halogens is 1. The Morgan fingerprint density at radius 3 is 2.59 bits per heavy atom. The monoisotopic (exact) mass is 397 g/mol. The van der Waals surface area contributed by atoms with E-state index in [0.29, 0.717) is 17.9 Å². The number of nitrogens with one attached hydrogen (secondary N) is 1. The molecule has 0 amide bonds. The van der Waals surface area contributed by atoms with Gasteiger partial charge in [0.15, 0.2) is 0 Å². The third kappa shape index (κ3) is 4.51. The van der Waals surface area contributed by atoms with Crippen molar-refractivity contribution in [3.63, 3.8) is 0 Å². The van der Waals surface area contributed by atoms with E-state index in [1.165, 1.54) is 17.8 Å². The molecule has 1 N–H and O–H groups in total. The molecule has 6 nitrogen and oxygen atoms in total. The third-order valence-electron chi connectivity index (χ3n) is 5.30. The lowest BCUT2D eigenvalue weighted by Crippen LogP contribution is -2.47. The number of hydrogen-bond acceptors (Lipinski definition) is 5. The predicted octanol–water partition coefficient (Wildman–Crippen LogP) is 3.15. The van der Waals surface area contributed by atoms with Crippen LogP contribution in [0.15, 0.2) is 57.7 Å². The predicted molar refractivity (Wildman–Crippen MR) is 110 cm³/mol. The van der Waals surface area contributed by atoms with Crippen LogP contribution < -0.4 is 15.4 Å². The summed E-state index contributed by atoms with van der Waals surface area (Å²) in [5.41, 5.74) is 2.54. The number of piperazine rings is 1. The largest absolute Gasteiger partial charge is 0.497 e. The first-order chi connectivity index (χ1) is 14.1. The fourth-order valence-corrected chi connectivity index (χ4v) is 3.68. The minimum absolute atomic E-state index is 0.310. The van der Waals surface area contributed by atoms with Crippen LogP contribution in [0.3, 0.4) is 0 Å². The van der Waals surface area contributed by atoms with Crippen molar-refractivity contribution in [2.24, 2.45) is 0 Å². The Morgan fingerprint density at radius 2 is 1.86 bits per heavy atom. The van der Waals surface area contributed by atoms with Crippen molar-refractivity contribution in [1.82, 2.24) is 9.88 Å². The molecule has 1 saturated heterocycles. The van der Waals surface area contributed by atoms with E-state index in [-0.39, 0.29) is 5.82 Å². The van der Waals surface area contributed by atoms with Gasteiger partial charge in [-0.1, -0.05) is 6.07 Å². The van der Waals surface area contributed by atoms with Gasteiger partial charge in [-0.2, -0.15) is 0 Å². The molecule has 4 rings (SSSR count). The molecule has 0 bridgehead atoms. The van der Waals surface area contributed by atoms with Gasteiger partial charge in [0.2, 0.25) is 0 Å². The molecule has 1 aromatic heterocycles. The summed E-state index contributed by atoms with van der Waals surface area (Å²) in [6.45, 7) is 4.50. The summed E-state index contributed by atoms with van der Waals surface area (Å²) < 4.78 is 23.8. The van der Waals surface area contributed by atoms with Gasteiger partial charge in [0.25, 0.3) is 0 Å². The fourth-order valence-electron chi connectivity index (χ4n) is 3.68. The fraction of sp³-hybridized carbons (Fsp3) is 0.318. The molecule has 1 aliphatic heterocycles. The Labute approximate surface area is 168 Å². The number of oxazole rings is 1. The molecule has 0 unspecified atom stereocenters. The van der Waals surface area contributed by atoms with Gasteiger partial charge >= 0.3 is 5.76 Å². The lowest BCUT2D eigenvalue weighted by Gasteiger charge is -2.36. The van der Waals surface area contributed by atoms with Crippen molar-refractivity contribution in [2.75, 3.05) is 44.7 Å². The second kappa shape index (κ2) is 8.53. The first kappa shape index (κ1) is 19.3. The Bertz CT molecular complexity index is 1000. The summed E-state index contributed by atoms with van der Waals surface area (Å²) in [4.78, 5) is 19.2. The van der Waals surface area contributed by atoms with Gasteiger partial charge in [0.1, 0.15) is 17.3 Å². The summed E-state index contributed by atoms with van der Waals surface area (Å²) in [6, 6.07) is 14.2. The smallest absolute Gasteiger partial charge is 0.416 e. The van der Waals surface area contributed by atoms with Crippen LogP contribution in [0.4, 0.5) is 10.1 Å². The lowest BCUT2D eigenvalue weighted by atomic mass is 10.1. The van der Waals surface area contributed by atoms with Gasteiger partial charge in [-0.05, 0) is 36.4 Å². The maximum absolute atomic E-state index is 13.2. The number of hydrogen-bond donors (Lipinski definition) is 1. The molecule has 0 radical (unpaired) electrons. The second-order valence-electron chi connectivity index (χ2n) is 7.10. The number of ether oxygens (including phenoxy) is 1. The molecule has 1 aliphatic rings. The number of benzene rings is 2. The number of aromatic amines is 1. The van der Waals surface area contributed by atoms with Crippen LogP contribution in [-0.4, -0.2) is 49.7 Å². The van der Waals surface area contributed by atoms with Crippen molar-refractivity contribution in [3.05, 3.63) is 70.7 Å². The molecule has 0 atom stereocenters.